The average Bonchev–Trinajstić information content (AvgIpc) is 2.68. The Hall–Kier alpha value is -3.07. The molecule has 0 bridgehead atoms. The lowest BCUT2D eigenvalue weighted by Gasteiger charge is -2.45. The number of aromatic hydroxyl groups is 1. The number of alkyl halides is 3. The Balaban J connectivity index is 1.95. The fraction of sp³-hybridized carbons (Fsp3) is 0.318. The number of phenols is 1. The molecule has 0 amide bonds. The van der Waals surface area contributed by atoms with Gasteiger partial charge in [0, 0.05) is 28.8 Å². The number of aromatic nitrogens is 1. The lowest BCUT2D eigenvalue weighted by molar-refractivity contribution is -0.272. The number of hydrogen-bond acceptors (Lipinski definition) is 4. The molecular formula is C22H20F4N2O3. The molecule has 1 aromatic heterocycles. The molecule has 4 N–H and O–H groups in total. The minimum Gasteiger partial charge on any atom is -0.508 e. The van der Waals surface area contributed by atoms with Crippen molar-refractivity contribution in [2.45, 2.75) is 43.5 Å². The van der Waals surface area contributed by atoms with E-state index in [9.17, 15) is 32.6 Å². The maximum Gasteiger partial charge on any atom is 0.419 e. The number of pyridine rings is 1. The fourth-order valence-corrected chi connectivity index (χ4v) is 4.45. The van der Waals surface area contributed by atoms with E-state index in [-0.39, 0.29) is 28.8 Å². The van der Waals surface area contributed by atoms with E-state index in [1.807, 2.05) is 0 Å². The molecule has 0 radical (unpaired) electrons. The summed E-state index contributed by atoms with van der Waals surface area (Å²) in [5, 5.41) is 24.4. The molecule has 164 valence electrons. The molecule has 0 unspecified atom stereocenters. The summed E-state index contributed by atoms with van der Waals surface area (Å²) in [6.07, 6.45) is -5.51. The first-order valence-corrected chi connectivity index (χ1v) is 9.75. The van der Waals surface area contributed by atoms with E-state index in [4.69, 9.17) is 0 Å². The number of anilines is 1. The zero-order valence-corrected chi connectivity index (χ0v) is 16.4. The lowest BCUT2D eigenvalue weighted by Crippen LogP contribution is -2.55. The summed E-state index contributed by atoms with van der Waals surface area (Å²) >= 11 is 0. The van der Waals surface area contributed by atoms with E-state index in [2.05, 4.69) is 10.3 Å². The van der Waals surface area contributed by atoms with Gasteiger partial charge in [0.2, 0.25) is 5.56 Å². The predicted octanol–water partition coefficient (Wildman–Crippen LogP) is 4.72. The monoisotopic (exact) mass is 436 g/mol. The Kier molecular flexibility index (Phi) is 4.96. The summed E-state index contributed by atoms with van der Waals surface area (Å²) in [6, 6.07) is 7.30. The van der Waals surface area contributed by atoms with Crippen LogP contribution in [0.1, 0.15) is 42.9 Å². The number of phenolic OH excluding ortho intramolecular Hbond substituents is 1. The van der Waals surface area contributed by atoms with Gasteiger partial charge in [-0.15, -0.1) is 0 Å². The molecule has 4 rings (SSSR count). The second-order valence-electron chi connectivity index (χ2n) is 7.83. The molecular weight excluding hydrogens is 416 g/mol. The van der Waals surface area contributed by atoms with Crippen molar-refractivity contribution >= 4 is 16.6 Å². The molecule has 0 aliphatic heterocycles. The summed E-state index contributed by atoms with van der Waals surface area (Å²) in [7, 11) is 0. The lowest BCUT2D eigenvalue weighted by atomic mass is 9.69. The Bertz CT molecular complexity index is 1210. The number of benzene rings is 2. The van der Waals surface area contributed by atoms with Gasteiger partial charge < -0.3 is 20.5 Å². The minimum absolute atomic E-state index is 0.156. The van der Waals surface area contributed by atoms with E-state index in [1.54, 1.807) is 13.0 Å². The van der Waals surface area contributed by atoms with Gasteiger partial charge in [-0.05, 0) is 48.6 Å². The second kappa shape index (κ2) is 7.26. The van der Waals surface area contributed by atoms with Gasteiger partial charge in [-0.2, -0.15) is 13.2 Å². The van der Waals surface area contributed by atoms with Crippen molar-refractivity contribution in [1.29, 1.82) is 0 Å². The summed E-state index contributed by atoms with van der Waals surface area (Å²) in [4.78, 5) is 14.2. The molecule has 9 heteroatoms. The van der Waals surface area contributed by atoms with Crippen LogP contribution in [0.2, 0.25) is 0 Å². The molecule has 3 aromatic rings. The predicted molar refractivity (Wildman–Crippen MR) is 108 cm³/mol. The quantitative estimate of drug-likeness (QED) is 0.448. The van der Waals surface area contributed by atoms with Gasteiger partial charge in [0.25, 0.3) is 0 Å². The summed E-state index contributed by atoms with van der Waals surface area (Å²) < 4.78 is 56.6. The average molecular weight is 436 g/mol. The second-order valence-corrected chi connectivity index (χ2v) is 7.83. The van der Waals surface area contributed by atoms with Crippen LogP contribution in [0.5, 0.6) is 5.75 Å². The van der Waals surface area contributed by atoms with Gasteiger partial charge in [0.05, 0.1) is 11.6 Å². The molecule has 0 fully saturated rings. The highest BCUT2D eigenvalue weighted by Gasteiger charge is 2.62. The van der Waals surface area contributed by atoms with Crippen LogP contribution in [-0.4, -0.2) is 27.0 Å². The molecule has 31 heavy (non-hydrogen) atoms. The molecule has 5 nitrogen and oxygen atoms in total. The van der Waals surface area contributed by atoms with E-state index in [0.717, 1.165) is 12.1 Å². The molecule has 1 aliphatic rings. The van der Waals surface area contributed by atoms with Crippen molar-refractivity contribution in [3.63, 3.8) is 0 Å². The number of fused-ring (bicyclic) bond motifs is 2. The number of nitrogens with one attached hydrogen (secondary N) is 2. The zero-order valence-electron chi connectivity index (χ0n) is 16.4. The number of halogens is 4. The zero-order chi connectivity index (χ0) is 22.6. The van der Waals surface area contributed by atoms with Crippen LogP contribution >= 0.6 is 0 Å². The number of H-pyrrole nitrogens is 1. The van der Waals surface area contributed by atoms with Gasteiger partial charge in [-0.3, -0.25) is 4.79 Å². The standard InChI is InChI=1S/C22H20F4N2O3/c1-2-11-10-21(31,22(24,25)26)20(14-8-12(23)9-17(29)19(11)14)28-16-5-3-4-15-13(16)6-7-18(30)27-15/h3-9,11,20,28-29,31H,2,10H2,1H3,(H,27,30)/t11-,20+,21-/m1/s1. The summed E-state index contributed by atoms with van der Waals surface area (Å²) in [5.41, 5.74) is -2.97. The Morgan fingerprint density at radius 2 is 1.97 bits per heavy atom. The largest absolute Gasteiger partial charge is 0.508 e. The van der Waals surface area contributed by atoms with Crippen LogP contribution in [0.15, 0.2) is 47.3 Å². The van der Waals surface area contributed by atoms with E-state index >= 15 is 0 Å². The molecule has 1 heterocycles. The van der Waals surface area contributed by atoms with Crippen LogP contribution < -0.4 is 10.9 Å². The van der Waals surface area contributed by atoms with Crippen molar-refractivity contribution in [3.8, 4) is 5.75 Å². The first-order chi connectivity index (χ1) is 14.5. The summed E-state index contributed by atoms with van der Waals surface area (Å²) in [5.74, 6) is -2.17. The topological polar surface area (TPSA) is 85.4 Å². The van der Waals surface area contributed by atoms with Crippen LogP contribution in [0.25, 0.3) is 10.9 Å². The van der Waals surface area contributed by atoms with Gasteiger partial charge in [-0.1, -0.05) is 13.0 Å². The molecule has 3 atom stereocenters. The van der Waals surface area contributed by atoms with Crippen LogP contribution in [0.3, 0.4) is 0 Å². The number of aliphatic hydroxyl groups is 1. The molecule has 0 saturated carbocycles. The SMILES string of the molecule is CC[C@@H]1C[C@](O)(C(F)(F)F)[C@@H](Nc2cccc3[nH]c(=O)ccc23)c2cc(F)cc(O)c21. The normalized spacial score (nSPS) is 23.5. The number of aromatic amines is 1. The third-order valence-electron chi connectivity index (χ3n) is 5.96. The fourth-order valence-electron chi connectivity index (χ4n) is 4.45. The van der Waals surface area contributed by atoms with Gasteiger partial charge >= 0.3 is 6.18 Å². The Morgan fingerprint density at radius 3 is 2.65 bits per heavy atom. The maximum absolute atomic E-state index is 14.2. The van der Waals surface area contributed by atoms with Crippen LogP contribution in [-0.2, 0) is 0 Å². The third kappa shape index (κ3) is 3.42. The molecule has 0 saturated heterocycles. The molecule has 0 spiro atoms. The summed E-state index contributed by atoms with van der Waals surface area (Å²) in [6.45, 7) is 1.64. The Morgan fingerprint density at radius 1 is 1.23 bits per heavy atom. The van der Waals surface area contributed by atoms with Crippen molar-refractivity contribution < 1.29 is 27.8 Å². The molecule has 2 aromatic carbocycles. The maximum atomic E-state index is 14.2. The highest BCUT2D eigenvalue weighted by Crippen LogP contribution is 2.55. The van der Waals surface area contributed by atoms with Crippen molar-refractivity contribution in [3.05, 3.63) is 69.8 Å². The molecule has 1 aliphatic carbocycles. The van der Waals surface area contributed by atoms with E-state index in [0.29, 0.717) is 10.9 Å². The first kappa shape index (κ1) is 21.2. The van der Waals surface area contributed by atoms with Crippen LogP contribution in [0, 0.1) is 5.82 Å². The first-order valence-electron chi connectivity index (χ1n) is 9.75. The minimum atomic E-state index is -5.03. The smallest absolute Gasteiger partial charge is 0.419 e. The van der Waals surface area contributed by atoms with Crippen molar-refractivity contribution in [2.75, 3.05) is 5.32 Å². The highest BCUT2D eigenvalue weighted by molar-refractivity contribution is 5.91. The number of rotatable bonds is 3. The van der Waals surface area contributed by atoms with E-state index in [1.165, 1.54) is 24.3 Å². The van der Waals surface area contributed by atoms with Gasteiger partial charge in [0.15, 0.2) is 5.60 Å². The van der Waals surface area contributed by atoms with Gasteiger partial charge in [-0.25, -0.2) is 4.39 Å². The van der Waals surface area contributed by atoms with Crippen molar-refractivity contribution in [1.82, 2.24) is 4.98 Å². The highest BCUT2D eigenvalue weighted by atomic mass is 19.4. The number of hydrogen-bond donors (Lipinski definition) is 4. The Labute approximate surface area is 174 Å². The van der Waals surface area contributed by atoms with Gasteiger partial charge in [0.1, 0.15) is 11.6 Å². The third-order valence-corrected chi connectivity index (χ3v) is 5.96. The van der Waals surface area contributed by atoms with E-state index < -0.39 is 41.7 Å². The van der Waals surface area contributed by atoms with Crippen LogP contribution in [0.4, 0.5) is 23.2 Å². The van der Waals surface area contributed by atoms with Crippen molar-refractivity contribution in [2.24, 2.45) is 0 Å².